The number of carbonyl (C=O) groups is 1. The Balaban J connectivity index is 1.25. The van der Waals surface area contributed by atoms with Crippen LogP contribution in [0, 0.1) is 5.92 Å². The Morgan fingerprint density at radius 3 is 2.31 bits per heavy atom. The third-order valence-corrected chi connectivity index (χ3v) is 7.82. The van der Waals surface area contributed by atoms with Crippen molar-refractivity contribution in [3.63, 3.8) is 0 Å². The van der Waals surface area contributed by atoms with Gasteiger partial charge < -0.3 is 10.2 Å². The van der Waals surface area contributed by atoms with E-state index >= 15 is 4.39 Å². The smallest absolute Gasteiger partial charge is 0.223 e. The third-order valence-electron chi connectivity index (χ3n) is 6.63. The normalized spacial score (nSPS) is 29.2. The van der Waals surface area contributed by atoms with E-state index < -0.39 is 11.3 Å². The largest absolute Gasteiger partial charge is 0.384 e. The summed E-state index contributed by atoms with van der Waals surface area (Å²) in [7, 11) is 0. The number of rotatable bonds is 5. The van der Waals surface area contributed by atoms with Crippen LogP contribution in [-0.2, 0) is 20.9 Å². The minimum absolute atomic E-state index is 0.0171. The molecule has 1 amide bonds. The van der Waals surface area contributed by atoms with Gasteiger partial charge in [0, 0.05) is 23.9 Å². The highest BCUT2D eigenvalue weighted by Gasteiger charge is 2.50. The van der Waals surface area contributed by atoms with Crippen molar-refractivity contribution in [2.75, 3.05) is 0 Å². The lowest BCUT2D eigenvalue weighted by Crippen LogP contribution is -2.46. The fraction of sp³-hybridized carbons (Fsp3) is 0.417. The zero-order chi connectivity index (χ0) is 22.7. The average Bonchev–Trinajstić information content (AvgIpc) is 3.47. The monoisotopic (exact) mass is 494 g/mol. The third kappa shape index (κ3) is 4.00. The van der Waals surface area contributed by atoms with Gasteiger partial charge in [0.05, 0.1) is 20.8 Å². The van der Waals surface area contributed by atoms with Crippen LogP contribution in [0.25, 0.3) is 0 Å². The molecule has 2 aromatic carbocycles. The fourth-order valence-corrected chi connectivity index (χ4v) is 4.96. The Labute approximate surface area is 201 Å². The highest BCUT2D eigenvalue weighted by Crippen LogP contribution is 2.49. The van der Waals surface area contributed by atoms with E-state index in [0.717, 1.165) is 29.7 Å². The molecule has 0 saturated heterocycles. The predicted octanol–water partition coefficient (Wildman–Crippen LogP) is 6.54. The van der Waals surface area contributed by atoms with Crippen molar-refractivity contribution < 1.29 is 14.0 Å². The molecule has 0 bridgehead atoms. The van der Waals surface area contributed by atoms with E-state index in [1.54, 1.807) is 24.3 Å². The maximum absolute atomic E-state index is 15.3. The number of hydrogen-bond donors (Lipinski definition) is 1. The van der Waals surface area contributed by atoms with Crippen LogP contribution in [0.5, 0.6) is 0 Å². The first-order chi connectivity index (χ1) is 15.2. The Morgan fingerprint density at radius 1 is 1.09 bits per heavy atom. The summed E-state index contributed by atoms with van der Waals surface area (Å²) >= 11 is 18.4. The first kappa shape index (κ1) is 22.0. The molecule has 8 heteroatoms. The zero-order valence-electron chi connectivity index (χ0n) is 17.4. The number of carbonyl (C=O) groups excluding carboxylic acids is 1. The number of nitrogens with zero attached hydrogens (tertiary/aromatic N) is 1. The summed E-state index contributed by atoms with van der Waals surface area (Å²) < 4.78 is 15.3. The molecule has 5 rings (SSSR count). The number of amides is 1. The van der Waals surface area contributed by atoms with Gasteiger partial charge in [-0.2, -0.15) is 0 Å². The number of alkyl halides is 1. The van der Waals surface area contributed by atoms with Crippen molar-refractivity contribution in [2.45, 2.75) is 56.3 Å². The molecule has 0 aromatic heterocycles. The van der Waals surface area contributed by atoms with Gasteiger partial charge in [-0.1, -0.05) is 64.2 Å². The van der Waals surface area contributed by atoms with Crippen LogP contribution in [0.4, 0.5) is 4.39 Å². The van der Waals surface area contributed by atoms with Crippen molar-refractivity contribution in [3.05, 3.63) is 68.2 Å². The molecule has 4 nitrogen and oxygen atoms in total. The number of benzene rings is 2. The van der Waals surface area contributed by atoms with Gasteiger partial charge in [-0.3, -0.25) is 4.79 Å². The van der Waals surface area contributed by atoms with Gasteiger partial charge in [-0.25, -0.2) is 4.39 Å². The number of oxime groups is 1. The Morgan fingerprint density at radius 2 is 1.72 bits per heavy atom. The van der Waals surface area contributed by atoms with Crippen molar-refractivity contribution in [2.24, 2.45) is 11.1 Å². The first-order valence-corrected chi connectivity index (χ1v) is 11.8. The summed E-state index contributed by atoms with van der Waals surface area (Å²) in [6.07, 6.45) is 3.03. The van der Waals surface area contributed by atoms with Crippen molar-refractivity contribution >= 4 is 46.4 Å². The van der Waals surface area contributed by atoms with Gasteiger partial charge in [0.2, 0.25) is 5.91 Å². The number of nitrogens with one attached hydrogen (secondary N) is 1. The lowest BCUT2D eigenvalue weighted by atomic mass is 9.68. The Kier molecular flexibility index (Phi) is 5.43. The highest BCUT2D eigenvalue weighted by atomic mass is 35.5. The minimum atomic E-state index is -1.45. The minimum Gasteiger partial charge on any atom is -0.384 e. The first-order valence-electron chi connectivity index (χ1n) is 10.7. The molecule has 0 spiro atoms. The van der Waals surface area contributed by atoms with E-state index in [9.17, 15) is 4.79 Å². The van der Waals surface area contributed by atoms with Crippen molar-refractivity contribution in [3.8, 4) is 0 Å². The second-order valence-electron chi connectivity index (χ2n) is 9.22. The van der Waals surface area contributed by atoms with Gasteiger partial charge in [0.25, 0.3) is 0 Å². The summed E-state index contributed by atoms with van der Waals surface area (Å²) in [6, 6.07) is 11.0. The van der Waals surface area contributed by atoms with Gasteiger partial charge in [0.1, 0.15) is 5.67 Å². The molecule has 1 unspecified atom stereocenters. The van der Waals surface area contributed by atoms with Crippen LogP contribution in [0.1, 0.15) is 55.7 Å². The topological polar surface area (TPSA) is 50.7 Å². The molecule has 2 aliphatic carbocycles. The van der Waals surface area contributed by atoms with Crippen LogP contribution in [-0.4, -0.2) is 17.7 Å². The quantitative estimate of drug-likeness (QED) is 0.479. The molecule has 3 aliphatic rings. The molecule has 2 aromatic rings. The van der Waals surface area contributed by atoms with Crippen LogP contribution in [0.15, 0.2) is 41.6 Å². The molecule has 1 N–H and O–H groups in total. The lowest BCUT2D eigenvalue weighted by Gasteiger charge is -2.40. The fourth-order valence-electron chi connectivity index (χ4n) is 4.36. The van der Waals surface area contributed by atoms with Gasteiger partial charge in [0.15, 0.2) is 5.60 Å². The number of halogens is 4. The van der Waals surface area contributed by atoms with Crippen LogP contribution >= 0.6 is 34.8 Å². The van der Waals surface area contributed by atoms with Crippen LogP contribution in [0.3, 0.4) is 0 Å². The zero-order valence-corrected chi connectivity index (χ0v) is 19.7. The predicted molar refractivity (Wildman–Crippen MR) is 124 cm³/mol. The van der Waals surface area contributed by atoms with Gasteiger partial charge >= 0.3 is 0 Å². The molecule has 1 heterocycles. The highest BCUT2D eigenvalue weighted by molar-refractivity contribution is 6.48. The summed E-state index contributed by atoms with van der Waals surface area (Å²) in [5.74, 6) is -0.261. The van der Waals surface area contributed by atoms with E-state index in [2.05, 4.69) is 10.5 Å². The van der Waals surface area contributed by atoms with Crippen molar-refractivity contribution in [1.29, 1.82) is 0 Å². The molecule has 32 heavy (non-hydrogen) atoms. The van der Waals surface area contributed by atoms with E-state index in [0.29, 0.717) is 33.1 Å². The Hall–Kier alpha value is -1.82. The second-order valence-corrected chi connectivity index (χ2v) is 10.4. The Bertz CT molecular complexity index is 1090. The van der Waals surface area contributed by atoms with Crippen LogP contribution in [0.2, 0.25) is 15.1 Å². The molecular formula is C24H22Cl3FN2O2. The summed E-state index contributed by atoms with van der Waals surface area (Å²) in [5.41, 5.74) is 0.793. The summed E-state index contributed by atoms with van der Waals surface area (Å²) in [6.45, 7) is 1.91. The number of hydrogen-bond acceptors (Lipinski definition) is 3. The van der Waals surface area contributed by atoms with E-state index in [-0.39, 0.29) is 24.7 Å². The maximum atomic E-state index is 15.3. The molecule has 0 radical (unpaired) electrons. The van der Waals surface area contributed by atoms with Crippen molar-refractivity contribution in [1.82, 2.24) is 5.32 Å². The van der Waals surface area contributed by atoms with Gasteiger partial charge in [-0.15, -0.1) is 0 Å². The molecule has 1 atom stereocenters. The molecule has 1 aliphatic heterocycles. The molecule has 168 valence electrons. The van der Waals surface area contributed by atoms with Gasteiger partial charge in [-0.05, 0) is 55.9 Å². The molecular weight excluding hydrogens is 474 g/mol. The molecule has 2 fully saturated rings. The molecule has 2 saturated carbocycles. The summed E-state index contributed by atoms with van der Waals surface area (Å²) in [4.78, 5) is 17.9. The lowest BCUT2D eigenvalue weighted by molar-refractivity contribution is -0.134. The van der Waals surface area contributed by atoms with Crippen LogP contribution < -0.4 is 5.32 Å². The van der Waals surface area contributed by atoms with E-state index in [1.165, 1.54) is 0 Å². The maximum Gasteiger partial charge on any atom is 0.223 e. The SMILES string of the molecule is CC1(c2cc(Cl)c(Cl)c(Cl)c2)CC(c2ccc(C3(F)CC(C(=O)NC4CC4)C3)cc2)=NO1. The summed E-state index contributed by atoms with van der Waals surface area (Å²) in [5, 5.41) is 8.24. The van der Waals surface area contributed by atoms with E-state index in [1.807, 2.05) is 19.1 Å². The average molecular weight is 496 g/mol. The van der Waals surface area contributed by atoms with E-state index in [4.69, 9.17) is 39.6 Å². The second kappa shape index (κ2) is 7.89. The standard InChI is InChI=1S/C24H22Cl3FN2O2/c1-23(16-8-18(25)21(27)19(26)9-16)12-20(30-32-23)13-2-4-15(5-3-13)24(28)10-14(11-24)22(31)29-17-6-7-17/h2-5,8-9,14,17H,6-7,10-12H2,1H3,(H,29,31).